The first-order valence-electron chi connectivity index (χ1n) is 7.97. The predicted octanol–water partition coefficient (Wildman–Crippen LogP) is 4.75. The van der Waals surface area contributed by atoms with Crippen LogP contribution in [0.25, 0.3) is 16.9 Å². The van der Waals surface area contributed by atoms with E-state index in [2.05, 4.69) is 10.2 Å². The van der Waals surface area contributed by atoms with Gasteiger partial charge >= 0.3 is 0 Å². The van der Waals surface area contributed by atoms with Gasteiger partial charge in [-0.25, -0.2) is 0 Å². The van der Waals surface area contributed by atoms with Gasteiger partial charge in [0.05, 0.1) is 12.8 Å². The highest BCUT2D eigenvalue weighted by Crippen LogP contribution is 2.25. The topological polar surface area (TPSA) is 52.3 Å². The third-order valence-electron chi connectivity index (χ3n) is 3.90. The molecule has 4 aromatic rings. The van der Waals surface area contributed by atoms with Crippen LogP contribution in [-0.2, 0) is 5.75 Å². The summed E-state index contributed by atoms with van der Waals surface area (Å²) in [6.45, 7) is 0. The molecule has 0 unspecified atom stereocenters. The van der Waals surface area contributed by atoms with Gasteiger partial charge in [-0.1, -0.05) is 35.5 Å². The minimum absolute atomic E-state index is 0.723. The third-order valence-corrected chi connectivity index (χ3v) is 5.14. The summed E-state index contributed by atoms with van der Waals surface area (Å²) in [4.78, 5) is 0. The first-order chi connectivity index (χ1) is 12.7. The number of halogens is 1. The molecule has 0 bridgehead atoms. The second-order valence-corrected chi connectivity index (χ2v) is 6.99. The molecule has 7 heteroatoms. The average Bonchev–Trinajstić information content (AvgIpc) is 3.10. The van der Waals surface area contributed by atoms with Gasteiger partial charge in [0.2, 0.25) is 5.16 Å². The van der Waals surface area contributed by atoms with E-state index in [1.54, 1.807) is 23.4 Å². The number of benzene rings is 2. The molecule has 0 atom stereocenters. The number of fused-ring (bicyclic) bond motifs is 1. The van der Waals surface area contributed by atoms with E-state index in [1.165, 1.54) is 5.56 Å². The minimum atomic E-state index is 0.723. The molecule has 0 aliphatic rings. The number of nitrogens with zero attached hydrogens (tertiary/aromatic N) is 4. The maximum atomic E-state index is 5.93. The first-order valence-corrected chi connectivity index (χ1v) is 9.33. The van der Waals surface area contributed by atoms with Crippen LogP contribution in [0.5, 0.6) is 5.75 Å². The summed E-state index contributed by atoms with van der Waals surface area (Å²) in [5.41, 5.74) is 3.76. The summed E-state index contributed by atoms with van der Waals surface area (Å²) in [5, 5.41) is 14.6. The Labute approximate surface area is 160 Å². The predicted molar refractivity (Wildman–Crippen MR) is 104 cm³/mol. The summed E-state index contributed by atoms with van der Waals surface area (Å²) in [7, 11) is 1.65. The monoisotopic (exact) mass is 382 g/mol. The van der Waals surface area contributed by atoms with Crippen molar-refractivity contribution < 1.29 is 4.74 Å². The maximum Gasteiger partial charge on any atom is 0.212 e. The van der Waals surface area contributed by atoms with Crippen molar-refractivity contribution >= 4 is 29.0 Å². The highest BCUT2D eigenvalue weighted by atomic mass is 35.5. The standard InChI is InChI=1S/C19H15ClN4OS/c1-25-16-8-4-14(5-9-16)17-10-11-18-21-22-19(24(18)23-17)26-12-13-2-6-15(20)7-3-13/h2-11H,12H2,1H3. The van der Waals surface area contributed by atoms with Gasteiger partial charge in [-0.3, -0.25) is 0 Å². The Hall–Kier alpha value is -2.57. The molecule has 0 radical (unpaired) electrons. The molecule has 130 valence electrons. The van der Waals surface area contributed by atoms with Crippen LogP contribution >= 0.6 is 23.4 Å². The van der Waals surface area contributed by atoms with E-state index in [9.17, 15) is 0 Å². The fraction of sp³-hybridized carbons (Fsp3) is 0.105. The lowest BCUT2D eigenvalue weighted by Crippen LogP contribution is -1.96. The van der Waals surface area contributed by atoms with Gasteiger partial charge < -0.3 is 4.74 Å². The third kappa shape index (κ3) is 3.52. The van der Waals surface area contributed by atoms with Crippen LogP contribution in [-0.4, -0.2) is 26.9 Å². The van der Waals surface area contributed by atoms with Crippen molar-refractivity contribution in [3.8, 4) is 17.0 Å². The Balaban J connectivity index is 1.60. The van der Waals surface area contributed by atoms with Crippen LogP contribution in [0.1, 0.15) is 5.56 Å². The molecule has 0 aliphatic carbocycles. The second kappa shape index (κ2) is 7.35. The Morgan fingerprint density at radius 1 is 0.962 bits per heavy atom. The van der Waals surface area contributed by atoms with Crippen molar-refractivity contribution in [2.45, 2.75) is 10.9 Å². The lowest BCUT2D eigenvalue weighted by molar-refractivity contribution is 0.415. The van der Waals surface area contributed by atoms with Crippen LogP contribution in [0.15, 0.2) is 65.8 Å². The van der Waals surface area contributed by atoms with Gasteiger partial charge in [0, 0.05) is 16.3 Å². The Kier molecular flexibility index (Phi) is 4.77. The van der Waals surface area contributed by atoms with Crippen molar-refractivity contribution in [3.63, 3.8) is 0 Å². The van der Waals surface area contributed by atoms with Crippen molar-refractivity contribution in [2.24, 2.45) is 0 Å². The average molecular weight is 383 g/mol. The Bertz CT molecular complexity index is 1030. The van der Waals surface area contributed by atoms with Crippen molar-refractivity contribution in [1.29, 1.82) is 0 Å². The quantitative estimate of drug-likeness (QED) is 0.466. The summed E-state index contributed by atoms with van der Waals surface area (Å²) in [6.07, 6.45) is 0. The molecule has 26 heavy (non-hydrogen) atoms. The van der Waals surface area contributed by atoms with E-state index in [1.807, 2.05) is 60.7 Å². The molecule has 0 fully saturated rings. The number of thioether (sulfide) groups is 1. The number of aromatic nitrogens is 4. The Morgan fingerprint density at radius 3 is 2.46 bits per heavy atom. The van der Waals surface area contributed by atoms with Crippen molar-refractivity contribution in [2.75, 3.05) is 7.11 Å². The van der Waals surface area contributed by atoms with E-state index in [4.69, 9.17) is 21.4 Å². The molecule has 4 rings (SSSR count). The Morgan fingerprint density at radius 2 is 1.73 bits per heavy atom. The van der Waals surface area contributed by atoms with Gasteiger partial charge in [0.25, 0.3) is 0 Å². The molecular formula is C19H15ClN4OS. The smallest absolute Gasteiger partial charge is 0.212 e. The largest absolute Gasteiger partial charge is 0.497 e. The van der Waals surface area contributed by atoms with Gasteiger partial charge in [0.15, 0.2) is 5.65 Å². The molecule has 0 amide bonds. The van der Waals surface area contributed by atoms with Crippen LogP contribution in [0.4, 0.5) is 0 Å². The van der Waals surface area contributed by atoms with Gasteiger partial charge in [0.1, 0.15) is 5.75 Å². The molecule has 0 saturated carbocycles. The number of hydrogen-bond donors (Lipinski definition) is 0. The van der Waals surface area contributed by atoms with Crippen LogP contribution in [0, 0.1) is 0 Å². The summed E-state index contributed by atoms with van der Waals surface area (Å²) in [5.74, 6) is 1.59. The molecule has 0 N–H and O–H groups in total. The molecule has 0 aliphatic heterocycles. The number of rotatable bonds is 5. The second-order valence-electron chi connectivity index (χ2n) is 5.61. The summed E-state index contributed by atoms with van der Waals surface area (Å²) < 4.78 is 6.98. The van der Waals surface area contributed by atoms with Gasteiger partial charge in [-0.2, -0.15) is 9.61 Å². The van der Waals surface area contributed by atoms with Crippen LogP contribution in [0.2, 0.25) is 5.02 Å². The SMILES string of the molecule is COc1ccc(-c2ccc3nnc(SCc4ccc(Cl)cc4)n3n2)cc1. The highest BCUT2D eigenvalue weighted by Gasteiger charge is 2.10. The van der Waals surface area contributed by atoms with Crippen molar-refractivity contribution in [1.82, 2.24) is 19.8 Å². The minimum Gasteiger partial charge on any atom is -0.497 e. The highest BCUT2D eigenvalue weighted by molar-refractivity contribution is 7.98. The van der Waals surface area contributed by atoms with E-state index >= 15 is 0 Å². The maximum absolute atomic E-state index is 5.93. The molecular weight excluding hydrogens is 368 g/mol. The normalized spacial score (nSPS) is 11.0. The number of methoxy groups -OCH3 is 1. The number of hydrogen-bond acceptors (Lipinski definition) is 5. The fourth-order valence-electron chi connectivity index (χ4n) is 2.50. The van der Waals surface area contributed by atoms with Gasteiger partial charge in [-0.15, -0.1) is 10.2 Å². The number of ether oxygens (including phenoxy) is 1. The first kappa shape index (κ1) is 16.9. The van der Waals surface area contributed by atoms with Crippen LogP contribution in [0.3, 0.4) is 0 Å². The molecule has 0 spiro atoms. The van der Waals surface area contributed by atoms with Crippen LogP contribution < -0.4 is 4.74 Å². The fourth-order valence-corrected chi connectivity index (χ4v) is 3.47. The molecule has 0 saturated heterocycles. The zero-order chi connectivity index (χ0) is 17.9. The molecule has 2 aromatic carbocycles. The zero-order valence-electron chi connectivity index (χ0n) is 14.0. The summed E-state index contributed by atoms with van der Waals surface area (Å²) in [6, 6.07) is 19.5. The van der Waals surface area contributed by atoms with Gasteiger partial charge in [-0.05, 0) is 54.1 Å². The van der Waals surface area contributed by atoms with E-state index in [0.29, 0.717) is 0 Å². The van der Waals surface area contributed by atoms with Crippen molar-refractivity contribution in [3.05, 3.63) is 71.2 Å². The van der Waals surface area contributed by atoms with E-state index in [0.717, 1.165) is 38.6 Å². The van der Waals surface area contributed by atoms with E-state index in [-0.39, 0.29) is 0 Å². The molecule has 5 nitrogen and oxygen atoms in total. The lowest BCUT2D eigenvalue weighted by atomic mass is 10.1. The lowest BCUT2D eigenvalue weighted by Gasteiger charge is -2.05. The zero-order valence-corrected chi connectivity index (χ0v) is 15.5. The molecule has 2 heterocycles. The molecule has 2 aromatic heterocycles. The summed E-state index contributed by atoms with van der Waals surface area (Å²) >= 11 is 7.52. The van der Waals surface area contributed by atoms with E-state index < -0.39 is 0 Å².